The SMILES string of the molecule is CCN(CC1CCCCO1)S(=O)(=O)c1cc(C)c(C)cc1OC. The third-order valence-corrected chi connectivity index (χ3v) is 6.39. The summed E-state index contributed by atoms with van der Waals surface area (Å²) in [5, 5.41) is 0. The molecule has 6 heteroatoms. The smallest absolute Gasteiger partial charge is 0.246 e. The monoisotopic (exact) mass is 341 g/mol. The molecule has 1 aliphatic heterocycles. The fourth-order valence-electron chi connectivity index (χ4n) is 2.84. The van der Waals surface area contributed by atoms with Gasteiger partial charge in [-0.25, -0.2) is 8.42 Å². The highest BCUT2D eigenvalue weighted by molar-refractivity contribution is 7.89. The van der Waals surface area contributed by atoms with E-state index in [1.807, 2.05) is 20.8 Å². The molecule has 23 heavy (non-hydrogen) atoms. The molecule has 0 radical (unpaired) electrons. The largest absolute Gasteiger partial charge is 0.495 e. The van der Waals surface area contributed by atoms with Crippen molar-refractivity contribution >= 4 is 10.0 Å². The van der Waals surface area contributed by atoms with Gasteiger partial charge in [0.2, 0.25) is 10.0 Å². The normalized spacial score (nSPS) is 19.1. The predicted octanol–water partition coefficient (Wildman–Crippen LogP) is 2.89. The summed E-state index contributed by atoms with van der Waals surface area (Å²) in [6.07, 6.45) is 3.04. The number of methoxy groups -OCH3 is 1. The average Bonchev–Trinajstić information content (AvgIpc) is 2.55. The number of hydrogen-bond donors (Lipinski definition) is 0. The summed E-state index contributed by atoms with van der Waals surface area (Å²) >= 11 is 0. The molecule has 1 aromatic rings. The zero-order valence-corrected chi connectivity index (χ0v) is 15.3. The van der Waals surface area contributed by atoms with Crippen molar-refractivity contribution in [3.8, 4) is 5.75 Å². The van der Waals surface area contributed by atoms with E-state index in [1.165, 1.54) is 11.4 Å². The number of aryl methyl sites for hydroxylation is 2. The Morgan fingerprint density at radius 1 is 1.26 bits per heavy atom. The summed E-state index contributed by atoms with van der Waals surface area (Å²) in [7, 11) is -2.10. The van der Waals surface area contributed by atoms with Gasteiger partial charge in [-0.1, -0.05) is 6.92 Å². The Kier molecular flexibility index (Phi) is 6.06. The molecule has 1 fully saturated rings. The summed E-state index contributed by atoms with van der Waals surface area (Å²) in [4.78, 5) is 0.237. The van der Waals surface area contributed by atoms with E-state index in [0.717, 1.165) is 37.0 Å². The Bertz CT molecular complexity index is 636. The van der Waals surface area contributed by atoms with Crippen LogP contribution in [0.25, 0.3) is 0 Å². The minimum atomic E-state index is -3.60. The van der Waals surface area contributed by atoms with Gasteiger partial charge in [0.1, 0.15) is 10.6 Å². The zero-order valence-electron chi connectivity index (χ0n) is 14.5. The third kappa shape index (κ3) is 4.05. The van der Waals surface area contributed by atoms with Crippen molar-refractivity contribution in [3.05, 3.63) is 23.3 Å². The molecule has 0 saturated carbocycles. The van der Waals surface area contributed by atoms with E-state index in [9.17, 15) is 8.42 Å². The minimum absolute atomic E-state index is 0.0176. The lowest BCUT2D eigenvalue weighted by Gasteiger charge is -2.29. The molecule has 1 aliphatic rings. The maximum absolute atomic E-state index is 13.1. The second kappa shape index (κ2) is 7.64. The fraction of sp³-hybridized carbons (Fsp3) is 0.647. The number of hydrogen-bond acceptors (Lipinski definition) is 4. The van der Waals surface area contributed by atoms with Crippen LogP contribution in [0.3, 0.4) is 0 Å². The number of ether oxygens (including phenoxy) is 2. The van der Waals surface area contributed by atoms with Gasteiger partial charge >= 0.3 is 0 Å². The Morgan fingerprint density at radius 2 is 1.96 bits per heavy atom. The van der Waals surface area contributed by atoms with Crippen LogP contribution >= 0.6 is 0 Å². The van der Waals surface area contributed by atoms with E-state index in [0.29, 0.717) is 18.8 Å². The Labute approximate surface area is 139 Å². The highest BCUT2D eigenvalue weighted by atomic mass is 32.2. The molecule has 1 saturated heterocycles. The van der Waals surface area contributed by atoms with E-state index >= 15 is 0 Å². The van der Waals surface area contributed by atoms with Crippen molar-refractivity contribution < 1.29 is 17.9 Å². The van der Waals surface area contributed by atoms with Gasteiger partial charge in [0.15, 0.2) is 0 Å². The van der Waals surface area contributed by atoms with Gasteiger partial charge in [0.25, 0.3) is 0 Å². The highest BCUT2D eigenvalue weighted by Gasteiger charge is 2.30. The lowest BCUT2D eigenvalue weighted by atomic mass is 10.1. The molecular formula is C17H27NO4S. The van der Waals surface area contributed by atoms with Gasteiger partial charge in [-0.15, -0.1) is 0 Å². The quantitative estimate of drug-likeness (QED) is 0.798. The van der Waals surface area contributed by atoms with Crippen molar-refractivity contribution in [2.45, 2.75) is 51.0 Å². The number of benzene rings is 1. The highest BCUT2D eigenvalue weighted by Crippen LogP contribution is 2.30. The van der Waals surface area contributed by atoms with Crippen LogP contribution in [-0.4, -0.2) is 45.6 Å². The van der Waals surface area contributed by atoms with Gasteiger partial charge in [-0.3, -0.25) is 0 Å². The topological polar surface area (TPSA) is 55.8 Å². The second-order valence-electron chi connectivity index (χ2n) is 6.03. The van der Waals surface area contributed by atoms with Crippen LogP contribution in [0.2, 0.25) is 0 Å². The molecule has 5 nitrogen and oxygen atoms in total. The molecule has 1 atom stereocenters. The van der Waals surface area contributed by atoms with Crippen LogP contribution < -0.4 is 4.74 Å². The van der Waals surface area contributed by atoms with E-state index in [-0.39, 0.29) is 11.0 Å². The van der Waals surface area contributed by atoms with Crippen molar-refractivity contribution in [2.75, 3.05) is 26.8 Å². The number of nitrogens with zero attached hydrogens (tertiary/aromatic N) is 1. The lowest BCUT2D eigenvalue weighted by Crippen LogP contribution is -2.39. The number of sulfonamides is 1. The molecule has 0 aromatic heterocycles. The Balaban J connectivity index is 2.32. The molecule has 130 valence electrons. The van der Waals surface area contributed by atoms with Crippen molar-refractivity contribution in [2.24, 2.45) is 0 Å². The summed E-state index contributed by atoms with van der Waals surface area (Å²) in [5.41, 5.74) is 1.95. The van der Waals surface area contributed by atoms with Crippen LogP contribution in [0.5, 0.6) is 5.75 Å². The van der Waals surface area contributed by atoms with E-state index in [4.69, 9.17) is 9.47 Å². The average molecular weight is 341 g/mol. The minimum Gasteiger partial charge on any atom is -0.495 e. The van der Waals surface area contributed by atoms with Crippen molar-refractivity contribution in [1.29, 1.82) is 0 Å². The van der Waals surface area contributed by atoms with Gasteiger partial charge in [0.05, 0.1) is 13.2 Å². The molecule has 0 amide bonds. The molecule has 2 rings (SSSR count). The maximum atomic E-state index is 13.1. The van der Waals surface area contributed by atoms with E-state index < -0.39 is 10.0 Å². The lowest BCUT2D eigenvalue weighted by molar-refractivity contribution is 0.00669. The summed E-state index contributed by atoms with van der Waals surface area (Å²) in [5.74, 6) is 0.399. The third-order valence-electron chi connectivity index (χ3n) is 4.43. The Hall–Kier alpha value is -1.11. The van der Waals surface area contributed by atoms with Crippen molar-refractivity contribution in [1.82, 2.24) is 4.31 Å². The molecule has 1 heterocycles. The molecule has 1 aromatic carbocycles. The summed E-state index contributed by atoms with van der Waals surface area (Å²) < 4.78 is 38.7. The Morgan fingerprint density at radius 3 is 2.52 bits per heavy atom. The first kappa shape index (κ1) is 18.2. The predicted molar refractivity (Wildman–Crippen MR) is 90.5 cm³/mol. The van der Waals surface area contributed by atoms with Crippen LogP contribution in [0.4, 0.5) is 0 Å². The van der Waals surface area contributed by atoms with Crippen LogP contribution in [-0.2, 0) is 14.8 Å². The van der Waals surface area contributed by atoms with Gasteiger partial charge < -0.3 is 9.47 Å². The second-order valence-corrected chi connectivity index (χ2v) is 7.94. The maximum Gasteiger partial charge on any atom is 0.246 e. The molecule has 0 bridgehead atoms. The zero-order chi connectivity index (χ0) is 17.0. The molecule has 0 aliphatic carbocycles. The van der Waals surface area contributed by atoms with Crippen molar-refractivity contribution in [3.63, 3.8) is 0 Å². The molecular weight excluding hydrogens is 314 g/mol. The molecule has 0 N–H and O–H groups in total. The first-order valence-corrected chi connectivity index (χ1v) is 9.61. The molecule has 0 spiro atoms. The van der Waals surface area contributed by atoms with Crippen LogP contribution in [0.1, 0.15) is 37.3 Å². The number of likely N-dealkylation sites (N-methyl/N-ethyl adjacent to an activating group) is 1. The van der Waals surface area contributed by atoms with Gasteiger partial charge in [-0.05, 0) is 56.4 Å². The number of rotatable bonds is 6. The summed E-state index contributed by atoms with van der Waals surface area (Å²) in [6.45, 7) is 7.24. The first-order chi connectivity index (χ1) is 10.9. The summed E-state index contributed by atoms with van der Waals surface area (Å²) in [6, 6.07) is 3.49. The van der Waals surface area contributed by atoms with Gasteiger partial charge in [0, 0.05) is 19.7 Å². The van der Waals surface area contributed by atoms with Crippen LogP contribution in [0.15, 0.2) is 17.0 Å². The van der Waals surface area contributed by atoms with Crippen LogP contribution in [0, 0.1) is 13.8 Å². The first-order valence-electron chi connectivity index (χ1n) is 8.17. The van der Waals surface area contributed by atoms with E-state index in [1.54, 1.807) is 12.1 Å². The fourth-order valence-corrected chi connectivity index (χ4v) is 4.54. The standard InChI is InChI=1S/C17H27NO4S/c1-5-18(12-15-8-6-7-9-22-15)23(19,20)17-11-14(3)13(2)10-16(17)21-4/h10-11,15H,5-9,12H2,1-4H3. The van der Waals surface area contributed by atoms with E-state index in [2.05, 4.69) is 0 Å². The molecule has 1 unspecified atom stereocenters. The van der Waals surface area contributed by atoms with Gasteiger partial charge in [-0.2, -0.15) is 4.31 Å².